The molecule has 0 heterocycles. The van der Waals surface area contributed by atoms with Gasteiger partial charge in [-0.3, -0.25) is 0 Å². The number of nitrogens with zero attached hydrogens (tertiary/aromatic N) is 1. The molecule has 0 bridgehead atoms. The van der Waals surface area contributed by atoms with Crippen LogP contribution >= 0.6 is 0 Å². The van der Waals surface area contributed by atoms with Gasteiger partial charge in [0.05, 0.1) is 0 Å². The maximum absolute atomic E-state index is 11.2. The highest BCUT2D eigenvalue weighted by Crippen LogP contribution is 1.79. The number of hydrogen-bond donors (Lipinski definition) is 1. The van der Waals surface area contributed by atoms with Gasteiger partial charge in [0.25, 0.3) is 0 Å². The van der Waals surface area contributed by atoms with Gasteiger partial charge in [-0.25, -0.2) is 0 Å². The van der Waals surface area contributed by atoms with Crippen molar-refractivity contribution in [2.75, 3.05) is 27.2 Å². The Morgan fingerprint density at radius 1 is 1.50 bits per heavy atom. The third-order valence-corrected chi connectivity index (χ3v) is 0.877. The normalized spacial score (nSPS) is 10.5. The quantitative estimate of drug-likeness (QED) is 0.427. The summed E-state index contributed by atoms with van der Waals surface area (Å²) in [6.07, 6.45) is 0.865. The second-order valence-corrected chi connectivity index (χ2v) is 2.04. The molecule has 0 saturated heterocycles. The summed E-state index contributed by atoms with van der Waals surface area (Å²) < 4.78 is 11.2. The van der Waals surface area contributed by atoms with Crippen LogP contribution < -0.4 is 5.54 Å². The zero-order chi connectivity index (χ0) is 6.41. The third-order valence-electron chi connectivity index (χ3n) is 0.877. The first-order chi connectivity index (χ1) is 3.77. The molecule has 0 fully saturated rings. The molecule has 0 radical (unpaired) electrons. The average molecular weight is 120 g/mol. The summed E-state index contributed by atoms with van der Waals surface area (Å²) >= 11 is 0. The molecule has 0 unspecified atom stereocenters. The van der Waals surface area contributed by atoms with Crippen molar-refractivity contribution in [2.24, 2.45) is 0 Å². The molecule has 0 aliphatic rings. The Hall–Kier alpha value is -0.150. The first-order valence-corrected chi connectivity index (χ1v) is 2.75. The van der Waals surface area contributed by atoms with Gasteiger partial charge in [0, 0.05) is 6.54 Å². The van der Waals surface area contributed by atoms with Gasteiger partial charge in [0.1, 0.15) is 0 Å². The number of nitrogens with one attached hydrogen (secondary N) is 1. The van der Waals surface area contributed by atoms with E-state index in [4.69, 9.17) is 0 Å². The highest BCUT2D eigenvalue weighted by Gasteiger charge is 1.87. The summed E-state index contributed by atoms with van der Waals surface area (Å²) in [4.78, 5) is 2.03. The number of hydrogen-bond acceptors (Lipinski definition) is 2. The lowest BCUT2D eigenvalue weighted by atomic mass is 10.4. The van der Waals surface area contributed by atoms with Crippen molar-refractivity contribution in [3.8, 4) is 0 Å². The minimum absolute atomic E-state index is 0.457. The lowest BCUT2D eigenvalue weighted by Crippen LogP contribution is -2.16. The highest BCUT2D eigenvalue weighted by atomic mass is 19.2. The van der Waals surface area contributed by atoms with Crippen LogP contribution in [0.15, 0.2) is 0 Å². The number of halogens is 1. The van der Waals surface area contributed by atoms with Gasteiger partial charge >= 0.3 is 0 Å². The Labute approximate surface area is 49.6 Å². The molecule has 0 aromatic rings. The van der Waals surface area contributed by atoms with Gasteiger partial charge in [-0.15, -0.1) is 4.48 Å². The second kappa shape index (κ2) is 5.00. The van der Waals surface area contributed by atoms with Gasteiger partial charge in [-0.1, -0.05) is 0 Å². The molecule has 0 atom stereocenters. The van der Waals surface area contributed by atoms with E-state index < -0.39 is 0 Å². The molecule has 1 N–H and O–H groups in total. The van der Waals surface area contributed by atoms with Crippen molar-refractivity contribution >= 4 is 0 Å². The summed E-state index contributed by atoms with van der Waals surface area (Å²) in [5, 5.41) is 0. The van der Waals surface area contributed by atoms with Gasteiger partial charge in [-0.05, 0) is 27.1 Å². The Bertz CT molecular complexity index is 47.7. The van der Waals surface area contributed by atoms with Gasteiger partial charge in [-0.2, -0.15) is 5.54 Å². The highest BCUT2D eigenvalue weighted by molar-refractivity contribution is 4.43. The molecule has 0 amide bonds. The average Bonchev–Trinajstić information content (AvgIpc) is 1.66. The van der Waals surface area contributed by atoms with Crippen molar-refractivity contribution in [3.05, 3.63) is 0 Å². The van der Waals surface area contributed by atoms with Crippen LogP contribution in [0.25, 0.3) is 0 Å². The Morgan fingerprint density at radius 3 is 2.50 bits per heavy atom. The van der Waals surface area contributed by atoms with E-state index in [9.17, 15) is 4.48 Å². The summed E-state index contributed by atoms with van der Waals surface area (Å²) in [5.41, 5.74) is 1.60. The molecule has 0 aromatic heterocycles. The van der Waals surface area contributed by atoms with Gasteiger partial charge in [0.2, 0.25) is 0 Å². The van der Waals surface area contributed by atoms with E-state index in [1.165, 1.54) is 0 Å². The van der Waals surface area contributed by atoms with Crippen LogP contribution in [0.2, 0.25) is 0 Å². The van der Waals surface area contributed by atoms with E-state index in [2.05, 4.69) is 0 Å². The zero-order valence-electron chi connectivity index (χ0n) is 5.45. The molecule has 3 heteroatoms. The van der Waals surface area contributed by atoms with Crippen LogP contribution in [0.1, 0.15) is 6.42 Å². The molecule has 0 saturated carbocycles. The lowest BCUT2D eigenvalue weighted by Gasteiger charge is -2.06. The van der Waals surface area contributed by atoms with Gasteiger partial charge in [0.15, 0.2) is 0 Å². The standard InChI is InChI=1S/C5H13FN2/c1-8(2)5-3-4-7-6/h7H,3-5H2,1-2H3. The molecule has 0 aromatic carbocycles. The molecule has 0 spiro atoms. The zero-order valence-corrected chi connectivity index (χ0v) is 5.45. The predicted molar refractivity (Wildman–Crippen MR) is 32.3 cm³/mol. The molecule has 8 heavy (non-hydrogen) atoms. The molecule has 0 aliphatic heterocycles. The predicted octanol–water partition coefficient (Wildman–Crippen LogP) is 0.412. The largest absolute Gasteiger partial charge is 0.309 e. The molecule has 2 nitrogen and oxygen atoms in total. The third kappa shape index (κ3) is 5.85. The van der Waals surface area contributed by atoms with Crippen LogP contribution in [0.3, 0.4) is 0 Å². The second-order valence-electron chi connectivity index (χ2n) is 2.04. The fourth-order valence-corrected chi connectivity index (χ4v) is 0.462. The smallest absolute Gasteiger partial charge is 0.0271 e. The lowest BCUT2D eigenvalue weighted by molar-refractivity contribution is 0.310. The summed E-state index contributed by atoms with van der Waals surface area (Å²) in [6, 6.07) is 0. The van der Waals surface area contributed by atoms with E-state index in [0.29, 0.717) is 6.54 Å². The van der Waals surface area contributed by atoms with Crippen LogP contribution in [0.5, 0.6) is 0 Å². The number of rotatable bonds is 4. The Kier molecular flexibility index (Phi) is 4.90. The SMILES string of the molecule is CN(C)CCCNF. The van der Waals surface area contributed by atoms with E-state index in [-0.39, 0.29) is 0 Å². The molecule has 0 rings (SSSR count). The van der Waals surface area contributed by atoms with Crippen molar-refractivity contribution < 1.29 is 4.48 Å². The molecular weight excluding hydrogens is 107 g/mol. The van der Waals surface area contributed by atoms with E-state index in [0.717, 1.165) is 13.0 Å². The summed E-state index contributed by atoms with van der Waals surface area (Å²) in [6.45, 7) is 1.40. The maximum atomic E-state index is 11.2. The monoisotopic (exact) mass is 120 g/mol. The Balaban J connectivity index is 2.72. The fourth-order valence-electron chi connectivity index (χ4n) is 0.462. The fraction of sp³-hybridized carbons (Fsp3) is 1.00. The molecule has 0 aliphatic carbocycles. The van der Waals surface area contributed by atoms with E-state index in [1.807, 2.05) is 19.0 Å². The maximum Gasteiger partial charge on any atom is 0.0271 e. The van der Waals surface area contributed by atoms with Crippen molar-refractivity contribution in [1.82, 2.24) is 10.4 Å². The topological polar surface area (TPSA) is 15.3 Å². The van der Waals surface area contributed by atoms with Crippen LogP contribution in [0, 0.1) is 0 Å². The van der Waals surface area contributed by atoms with Crippen molar-refractivity contribution in [3.63, 3.8) is 0 Å². The summed E-state index contributed by atoms with van der Waals surface area (Å²) in [5.74, 6) is 0. The first kappa shape index (κ1) is 7.85. The minimum Gasteiger partial charge on any atom is -0.309 e. The van der Waals surface area contributed by atoms with E-state index >= 15 is 0 Å². The van der Waals surface area contributed by atoms with Crippen LogP contribution in [-0.4, -0.2) is 32.1 Å². The van der Waals surface area contributed by atoms with Crippen LogP contribution in [0.4, 0.5) is 4.48 Å². The molecular formula is C5H13FN2. The van der Waals surface area contributed by atoms with Crippen molar-refractivity contribution in [1.29, 1.82) is 0 Å². The molecule has 50 valence electrons. The summed E-state index contributed by atoms with van der Waals surface area (Å²) in [7, 11) is 3.94. The van der Waals surface area contributed by atoms with Crippen molar-refractivity contribution in [2.45, 2.75) is 6.42 Å². The first-order valence-electron chi connectivity index (χ1n) is 2.75. The Morgan fingerprint density at radius 2 is 2.12 bits per heavy atom. The van der Waals surface area contributed by atoms with Gasteiger partial charge < -0.3 is 4.90 Å². The van der Waals surface area contributed by atoms with Crippen LogP contribution in [-0.2, 0) is 0 Å². The minimum atomic E-state index is 0.457. The van der Waals surface area contributed by atoms with E-state index in [1.54, 1.807) is 5.54 Å².